The lowest BCUT2D eigenvalue weighted by Crippen LogP contribution is -2.41. The van der Waals surface area contributed by atoms with Gasteiger partial charge >= 0.3 is 12.0 Å². The largest absolute Gasteiger partial charge is 0.481 e. The summed E-state index contributed by atoms with van der Waals surface area (Å²) in [6.45, 7) is 2.76. The van der Waals surface area contributed by atoms with Gasteiger partial charge in [-0.1, -0.05) is 35.3 Å². The molecular formula is C15H18Cl2N2O3. The summed E-state index contributed by atoms with van der Waals surface area (Å²) in [4.78, 5) is 24.8. The van der Waals surface area contributed by atoms with Crippen molar-refractivity contribution in [3.8, 4) is 0 Å². The van der Waals surface area contributed by atoms with Crippen molar-refractivity contribution in [2.24, 2.45) is 5.41 Å². The molecule has 1 saturated heterocycles. The van der Waals surface area contributed by atoms with E-state index in [1.54, 1.807) is 13.0 Å². The van der Waals surface area contributed by atoms with Crippen LogP contribution in [0, 0.1) is 5.41 Å². The molecule has 0 spiro atoms. The Kier molecular flexibility index (Phi) is 5.19. The van der Waals surface area contributed by atoms with E-state index in [9.17, 15) is 9.59 Å². The van der Waals surface area contributed by atoms with Crippen molar-refractivity contribution >= 4 is 35.2 Å². The zero-order valence-corrected chi connectivity index (χ0v) is 13.7. The predicted molar refractivity (Wildman–Crippen MR) is 85.5 cm³/mol. The van der Waals surface area contributed by atoms with Crippen LogP contribution in [0.5, 0.6) is 0 Å². The minimum Gasteiger partial charge on any atom is -0.481 e. The fourth-order valence-corrected chi connectivity index (χ4v) is 2.88. The standard InChI is InChI=1S/C15H18Cl2N2O3/c1-15(13(20)21)6-8-19(9-15)14(22)18-7-5-10-3-2-4-11(16)12(10)17/h2-4H,5-9H2,1H3,(H,18,22)(H,20,21). The number of carboxylic acid groups (broad SMARTS) is 1. The van der Waals surface area contributed by atoms with Crippen molar-refractivity contribution in [2.75, 3.05) is 19.6 Å². The molecule has 7 heteroatoms. The summed E-state index contributed by atoms with van der Waals surface area (Å²) >= 11 is 12.0. The van der Waals surface area contributed by atoms with Crippen LogP contribution < -0.4 is 5.32 Å². The highest BCUT2D eigenvalue weighted by atomic mass is 35.5. The first kappa shape index (κ1) is 16.9. The summed E-state index contributed by atoms with van der Waals surface area (Å²) in [5, 5.41) is 12.9. The molecule has 0 radical (unpaired) electrons. The molecule has 1 aromatic carbocycles. The van der Waals surface area contributed by atoms with Crippen molar-refractivity contribution < 1.29 is 14.7 Å². The number of hydrogen-bond acceptors (Lipinski definition) is 2. The highest BCUT2D eigenvalue weighted by molar-refractivity contribution is 6.42. The van der Waals surface area contributed by atoms with Gasteiger partial charge in [-0.2, -0.15) is 0 Å². The summed E-state index contributed by atoms with van der Waals surface area (Å²) in [6.07, 6.45) is 1.03. The Morgan fingerprint density at radius 2 is 2.14 bits per heavy atom. The summed E-state index contributed by atoms with van der Waals surface area (Å²) in [5.74, 6) is -0.867. The quantitative estimate of drug-likeness (QED) is 0.881. The van der Waals surface area contributed by atoms with Gasteiger partial charge in [0.1, 0.15) is 0 Å². The van der Waals surface area contributed by atoms with E-state index in [1.807, 2.05) is 12.1 Å². The maximum absolute atomic E-state index is 12.1. The highest BCUT2D eigenvalue weighted by Crippen LogP contribution is 2.30. The zero-order valence-electron chi connectivity index (χ0n) is 12.2. The van der Waals surface area contributed by atoms with E-state index in [2.05, 4.69) is 5.32 Å². The third-order valence-electron chi connectivity index (χ3n) is 3.98. The van der Waals surface area contributed by atoms with Crippen molar-refractivity contribution in [3.05, 3.63) is 33.8 Å². The average molecular weight is 345 g/mol. The Hall–Kier alpha value is -1.46. The summed E-state index contributed by atoms with van der Waals surface area (Å²) in [5.41, 5.74) is 0.0133. The molecule has 1 fully saturated rings. The third kappa shape index (κ3) is 3.65. The van der Waals surface area contributed by atoms with Crippen LogP contribution in [0.25, 0.3) is 0 Å². The van der Waals surface area contributed by atoms with Gasteiger partial charge in [0, 0.05) is 19.6 Å². The number of benzene rings is 1. The number of nitrogens with zero attached hydrogens (tertiary/aromatic N) is 1. The fourth-order valence-electron chi connectivity index (χ4n) is 2.47. The Morgan fingerprint density at radius 3 is 2.77 bits per heavy atom. The molecule has 2 rings (SSSR count). The van der Waals surface area contributed by atoms with Crippen LogP contribution in [-0.2, 0) is 11.2 Å². The molecule has 2 amide bonds. The van der Waals surface area contributed by atoms with Gasteiger partial charge in [-0.05, 0) is 31.4 Å². The predicted octanol–water partition coefficient (Wildman–Crippen LogP) is 3.04. The normalized spacial score (nSPS) is 21.0. The van der Waals surface area contributed by atoms with Crippen LogP contribution in [-0.4, -0.2) is 41.6 Å². The third-order valence-corrected chi connectivity index (χ3v) is 4.84. The molecule has 1 aromatic rings. The van der Waals surface area contributed by atoms with Gasteiger partial charge in [0.15, 0.2) is 0 Å². The Balaban J connectivity index is 1.84. The Labute approximate surface area is 139 Å². The monoisotopic (exact) mass is 344 g/mol. The van der Waals surface area contributed by atoms with Gasteiger partial charge in [-0.3, -0.25) is 4.79 Å². The second-order valence-corrected chi connectivity index (χ2v) is 6.52. The number of likely N-dealkylation sites (tertiary alicyclic amines) is 1. The number of urea groups is 1. The van der Waals surface area contributed by atoms with Crippen molar-refractivity contribution in [1.29, 1.82) is 0 Å². The molecule has 0 aromatic heterocycles. The molecule has 120 valence electrons. The van der Waals surface area contributed by atoms with Gasteiger partial charge in [-0.15, -0.1) is 0 Å². The molecule has 0 aliphatic carbocycles. The SMILES string of the molecule is CC1(C(=O)O)CCN(C(=O)NCCc2cccc(Cl)c2Cl)C1. The number of carbonyl (C=O) groups excluding carboxylic acids is 1. The first-order valence-electron chi connectivity index (χ1n) is 7.02. The second-order valence-electron chi connectivity index (χ2n) is 5.73. The topological polar surface area (TPSA) is 69.6 Å². The maximum atomic E-state index is 12.1. The summed E-state index contributed by atoms with van der Waals surface area (Å²) in [6, 6.07) is 5.13. The Morgan fingerprint density at radius 1 is 1.41 bits per heavy atom. The molecule has 0 bridgehead atoms. The van der Waals surface area contributed by atoms with Crippen molar-refractivity contribution in [3.63, 3.8) is 0 Å². The lowest BCUT2D eigenvalue weighted by atomic mass is 9.90. The number of carbonyl (C=O) groups is 2. The molecule has 22 heavy (non-hydrogen) atoms. The van der Waals surface area contributed by atoms with Crippen LogP contribution in [0.1, 0.15) is 18.9 Å². The van der Waals surface area contributed by atoms with Crippen LogP contribution in [0.4, 0.5) is 4.79 Å². The number of amides is 2. The summed E-state index contributed by atoms with van der Waals surface area (Å²) in [7, 11) is 0. The first-order valence-corrected chi connectivity index (χ1v) is 7.78. The van der Waals surface area contributed by atoms with E-state index in [0.29, 0.717) is 36.0 Å². The van der Waals surface area contributed by atoms with E-state index in [1.165, 1.54) is 4.90 Å². The van der Waals surface area contributed by atoms with Gasteiger partial charge in [0.05, 0.1) is 15.5 Å². The van der Waals surface area contributed by atoms with Crippen molar-refractivity contribution in [1.82, 2.24) is 10.2 Å². The zero-order chi connectivity index (χ0) is 16.3. The second kappa shape index (κ2) is 6.75. The smallest absolute Gasteiger partial charge is 0.317 e. The number of nitrogens with one attached hydrogen (secondary N) is 1. The maximum Gasteiger partial charge on any atom is 0.317 e. The lowest BCUT2D eigenvalue weighted by molar-refractivity contribution is -0.146. The molecule has 0 saturated carbocycles. The molecule has 1 aliphatic rings. The van der Waals surface area contributed by atoms with Gasteiger partial charge in [-0.25, -0.2) is 4.79 Å². The molecule has 1 aliphatic heterocycles. The van der Waals surface area contributed by atoms with E-state index in [4.69, 9.17) is 28.3 Å². The minimum atomic E-state index is -0.867. The average Bonchev–Trinajstić information content (AvgIpc) is 2.87. The first-order chi connectivity index (χ1) is 10.3. The van der Waals surface area contributed by atoms with E-state index >= 15 is 0 Å². The van der Waals surface area contributed by atoms with E-state index in [-0.39, 0.29) is 12.6 Å². The van der Waals surface area contributed by atoms with Crippen LogP contribution in [0.3, 0.4) is 0 Å². The van der Waals surface area contributed by atoms with Crippen LogP contribution in [0.15, 0.2) is 18.2 Å². The van der Waals surface area contributed by atoms with E-state index in [0.717, 1.165) is 5.56 Å². The number of hydrogen-bond donors (Lipinski definition) is 2. The van der Waals surface area contributed by atoms with Gasteiger partial charge in [0.2, 0.25) is 0 Å². The number of aliphatic carboxylic acids is 1. The highest BCUT2D eigenvalue weighted by Gasteiger charge is 2.42. The van der Waals surface area contributed by atoms with Crippen LogP contribution >= 0.6 is 23.2 Å². The van der Waals surface area contributed by atoms with Gasteiger partial charge < -0.3 is 15.3 Å². The van der Waals surface area contributed by atoms with Crippen molar-refractivity contribution in [2.45, 2.75) is 19.8 Å². The van der Waals surface area contributed by atoms with Crippen LogP contribution in [0.2, 0.25) is 10.0 Å². The summed E-state index contributed by atoms with van der Waals surface area (Å²) < 4.78 is 0. The fraction of sp³-hybridized carbons (Fsp3) is 0.467. The molecule has 1 atom stereocenters. The van der Waals surface area contributed by atoms with E-state index < -0.39 is 11.4 Å². The molecule has 1 heterocycles. The number of halogens is 2. The molecular weight excluding hydrogens is 327 g/mol. The number of carboxylic acids is 1. The molecule has 1 unspecified atom stereocenters. The minimum absolute atomic E-state index is 0.228. The Bertz CT molecular complexity index is 594. The number of rotatable bonds is 4. The van der Waals surface area contributed by atoms with Gasteiger partial charge in [0.25, 0.3) is 0 Å². The lowest BCUT2D eigenvalue weighted by Gasteiger charge is -2.20. The molecule has 5 nitrogen and oxygen atoms in total. The molecule has 2 N–H and O–H groups in total.